The lowest BCUT2D eigenvalue weighted by atomic mass is 9.83. The Morgan fingerprint density at radius 1 is 1.06 bits per heavy atom. The van der Waals surface area contributed by atoms with Crippen LogP contribution in [0.2, 0.25) is 0 Å². The van der Waals surface area contributed by atoms with Crippen LogP contribution >= 0.6 is 0 Å². The molecule has 4 aromatic rings. The molecule has 0 radical (unpaired) electrons. The number of rotatable bonds is 4. The van der Waals surface area contributed by atoms with E-state index in [1.54, 1.807) is 25.2 Å². The molecule has 2 atom stereocenters. The largest absolute Gasteiger partial charge is 0.508 e. The van der Waals surface area contributed by atoms with Gasteiger partial charge in [-0.1, -0.05) is 48.5 Å². The number of hydrogen-bond donors (Lipinski definition) is 5. The minimum atomic E-state index is -1.60. The van der Waals surface area contributed by atoms with Gasteiger partial charge in [-0.05, 0) is 36.9 Å². The number of H-pyrrole nitrogens is 1. The Morgan fingerprint density at radius 3 is 2.70 bits per heavy atom. The van der Waals surface area contributed by atoms with Gasteiger partial charge < -0.3 is 30.5 Å². The minimum absolute atomic E-state index is 0.0192. The fraction of sp³-hybridized carbons (Fsp3) is 0.185. The van der Waals surface area contributed by atoms with E-state index in [9.17, 15) is 15.3 Å². The highest BCUT2D eigenvalue weighted by Crippen LogP contribution is 2.53. The predicted molar refractivity (Wildman–Crippen MR) is 129 cm³/mol. The van der Waals surface area contributed by atoms with Crippen LogP contribution in [0.5, 0.6) is 5.75 Å². The van der Waals surface area contributed by atoms with E-state index in [1.165, 1.54) is 0 Å². The van der Waals surface area contributed by atoms with Crippen molar-refractivity contribution >= 4 is 28.4 Å². The summed E-state index contributed by atoms with van der Waals surface area (Å²) in [5.41, 5.74) is 2.67. The molecule has 2 aliphatic heterocycles. The molecule has 5 N–H and O–H groups in total. The summed E-state index contributed by atoms with van der Waals surface area (Å²) in [6.45, 7) is 0.968. The number of phenolic OH excluding ortho intramolecular Hbond substituents is 1. The third-order valence-corrected chi connectivity index (χ3v) is 6.85. The lowest BCUT2D eigenvalue weighted by molar-refractivity contribution is 0.142. The number of aromatic amines is 1. The maximum Gasteiger partial charge on any atom is 0.163 e. The summed E-state index contributed by atoms with van der Waals surface area (Å²) >= 11 is 0. The molecule has 166 valence electrons. The Balaban J connectivity index is 1.71. The van der Waals surface area contributed by atoms with Gasteiger partial charge in [0.25, 0.3) is 0 Å². The first-order valence-electron chi connectivity index (χ1n) is 11.1. The maximum absolute atomic E-state index is 12.5. The lowest BCUT2D eigenvalue weighted by Gasteiger charge is -2.31. The van der Waals surface area contributed by atoms with Crippen molar-refractivity contribution in [2.24, 2.45) is 0 Å². The molecule has 0 bridgehead atoms. The highest BCUT2D eigenvalue weighted by molar-refractivity contribution is 5.93. The number of nitrogens with one attached hydrogen (secondary N) is 2. The van der Waals surface area contributed by atoms with Crippen LogP contribution in [0.1, 0.15) is 22.8 Å². The summed E-state index contributed by atoms with van der Waals surface area (Å²) < 4.78 is 0. The molecule has 6 rings (SSSR count). The van der Waals surface area contributed by atoms with E-state index in [1.807, 2.05) is 42.5 Å². The van der Waals surface area contributed by atoms with Crippen LogP contribution in [0, 0.1) is 0 Å². The summed E-state index contributed by atoms with van der Waals surface area (Å²) in [6, 6.07) is 20.8. The van der Waals surface area contributed by atoms with Gasteiger partial charge in [-0.2, -0.15) is 0 Å². The van der Waals surface area contributed by atoms with Crippen LogP contribution in [-0.2, 0) is 5.60 Å². The first-order valence-corrected chi connectivity index (χ1v) is 11.1. The van der Waals surface area contributed by atoms with Crippen molar-refractivity contribution in [2.45, 2.75) is 11.7 Å². The zero-order valence-corrected chi connectivity index (χ0v) is 18.2. The van der Waals surface area contributed by atoms with Crippen molar-refractivity contribution in [2.75, 3.05) is 25.0 Å². The van der Waals surface area contributed by atoms with Crippen LogP contribution in [0.25, 0.3) is 22.7 Å². The zero-order chi connectivity index (χ0) is 22.7. The van der Waals surface area contributed by atoms with Crippen LogP contribution in [0.15, 0.2) is 66.7 Å². The molecule has 0 aliphatic carbocycles. The highest BCUT2D eigenvalue weighted by atomic mass is 16.3. The fourth-order valence-electron chi connectivity index (χ4n) is 5.34. The third kappa shape index (κ3) is 2.72. The molecule has 6 nitrogen and oxygen atoms in total. The maximum atomic E-state index is 12.5. The van der Waals surface area contributed by atoms with Crippen molar-refractivity contribution in [3.05, 3.63) is 94.0 Å². The number of anilines is 1. The number of fused-ring (bicyclic) bond motifs is 6. The van der Waals surface area contributed by atoms with Gasteiger partial charge in [-0.25, -0.2) is 0 Å². The molecular weight excluding hydrogens is 414 g/mol. The van der Waals surface area contributed by atoms with Crippen molar-refractivity contribution in [1.29, 1.82) is 0 Å². The van der Waals surface area contributed by atoms with Crippen LogP contribution in [-0.4, -0.2) is 40.4 Å². The number of likely N-dealkylation sites (N-methyl/N-ethyl adjacent to an activating group) is 1. The standard InChI is InChI=1S/C27H25N3O3/c1-28-15-24(32)16-10-11-23(31)20(14-16)27(33)19-7-3-5-9-22(19)30-13-12-18-17-6-2-4-8-21(17)29-25(18)26(27)30/h2-12,14,24,28-29,31-33H,13,15H2,1H3. The van der Waals surface area contributed by atoms with E-state index in [0.717, 1.165) is 27.2 Å². The highest BCUT2D eigenvalue weighted by Gasteiger charge is 2.50. The van der Waals surface area contributed by atoms with E-state index in [0.29, 0.717) is 35.5 Å². The average Bonchev–Trinajstić information content (AvgIpc) is 3.33. The summed E-state index contributed by atoms with van der Waals surface area (Å²) in [7, 11) is 1.77. The Bertz CT molecular complexity index is 1520. The van der Waals surface area contributed by atoms with E-state index in [-0.39, 0.29) is 5.75 Å². The summed E-state index contributed by atoms with van der Waals surface area (Å²) in [4.78, 5) is 5.61. The molecule has 3 aromatic carbocycles. The van der Waals surface area contributed by atoms with Gasteiger partial charge in [0.15, 0.2) is 5.60 Å². The quantitative estimate of drug-likeness (QED) is 0.334. The number of aliphatic hydroxyl groups excluding tert-OH is 1. The first kappa shape index (κ1) is 20.1. The number of aromatic nitrogens is 1. The summed E-state index contributed by atoms with van der Waals surface area (Å²) in [5.74, 6) is -0.0192. The number of hydrogen-bond acceptors (Lipinski definition) is 5. The number of nitrogens with zero attached hydrogens (tertiary/aromatic N) is 1. The van der Waals surface area contributed by atoms with E-state index in [2.05, 4.69) is 27.3 Å². The van der Waals surface area contributed by atoms with Gasteiger partial charge >= 0.3 is 0 Å². The predicted octanol–water partition coefficient (Wildman–Crippen LogP) is 1.78. The van der Waals surface area contributed by atoms with Crippen molar-refractivity contribution in [3.63, 3.8) is 0 Å². The molecule has 6 heteroatoms. The third-order valence-electron chi connectivity index (χ3n) is 6.85. The number of benzene rings is 3. The molecule has 33 heavy (non-hydrogen) atoms. The molecule has 3 heterocycles. The molecule has 2 unspecified atom stereocenters. The van der Waals surface area contributed by atoms with Gasteiger partial charge in [0, 0.05) is 46.0 Å². The zero-order valence-electron chi connectivity index (χ0n) is 18.2. The number of aromatic hydroxyl groups is 1. The average molecular weight is 440 g/mol. The fourth-order valence-corrected chi connectivity index (χ4v) is 5.34. The Kier molecular flexibility index (Phi) is 4.39. The Hall–Kier alpha value is -3.58. The van der Waals surface area contributed by atoms with E-state index in [4.69, 9.17) is 0 Å². The molecule has 1 aromatic heterocycles. The Labute approximate surface area is 190 Å². The minimum Gasteiger partial charge on any atom is -0.508 e. The number of aliphatic hydroxyl groups is 2. The SMILES string of the molecule is CNCC(O)c1ccc(O)c(C2(O)C3=c4[nH]c5ccccc5c4=CCN3c3ccccc32)c1. The topological polar surface area (TPSA) is 91.7 Å². The molecule has 0 saturated carbocycles. The molecule has 0 amide bonds. The molecule has 2 aliphatic rings. The van der Waals surface area contributed by atoms with Crippen LogP contribution in [0.4, 0.5) is 5.69 Å². The molecule has 0 spiro atoms. The van der Waals surface area contributed by atoms with Crippen molar-refractivity contribution in [3.8, 4) is 5.75 Å². The van der Waals surface area contributed by atoms with E-state index >= 15 is 0 Å². The summed E-state index contributed by atoms with van der Waals surface area (Å²) in [5, 5.41) is 40.0. The van der Waals surface area contributed by atoms with Gasteiger partial charge in [-0.3, -0.25) is 0 Å². The monoisotopic (exact) mass is 439 g/mol. The van der Waals surface area contributed by atoms with Gasteiger partial charge in [0.1, 0.15) is 5.75 Å². The molecular formula is C27H25N3O3. The first-order chi connectivity index (χ1) is 16.0. The second-order valence-corrected chi connectivity index (χ2v) is 8.70. The Morgan fingerprint density at radius 2 is 1.85 bits per heavy atom. The second-order valence-electron chi connectivity index (χ2n) is 8.70. The smallest absolute Gasteiger partial charge is 0.163 e. The lowest BCUT2D eigenvalue weighted by Crippen LogP contribution is -2.44. The number of para-hydroxylation sites is 2. The van der Waals surface area contributed by atoms with Gasteiger partial charge in [0.2, 0.25) is 0 Å². The van der Waals surface area contributed by atoms with Gasteiger partial charge in [-0.15, -0.1) is 0 Å². The normalized spacial score (nSPS) is 19.7. The van der Waals surface area contributed by atoms with Crippen molar-refractivity contribution in [1.82, 2.24) is 10.3 Å². The second kappa shape index (κ2) is 7.22. The molecule has 0 saturated heterocycles. The van der Waals surface area contributed by atoms with E-state index < -0.39 is 11.7 Å². The van der Waals surface area contributed by atoms with Gasteiger partial charge in [0.05, 0.1) is 17.2 Å². The summed E-state index contributed by atoms with van der Waals surface area (Å²) in [6.07, 6.45) is 1.41. The van der Waals surface area contributed by atoms with Crippen LogP contribution in [0.3, 0.4) is 0 Å². The molecule has 0 fully saturated rings. The van der Waals surface area contributed by atoms with Crippen LogP contribution < -0.4 is 20.8 Å². The number of phenols is 1. The van der Waals surface area contributed by atoms with Crippen molar-refractivity contribution < 1.29 is 15.3 Å².